The standard InChI is InChI=1S/C20H20F12N2OSi2/c1-36(2,33-15-7-11(17(21,22)23)5-12(8-15)18(24,25)26)35-37(3,4)34-16-9-13(19(27,28)29)6-14(10-16)20(30,31)32/h5-10,33-34H,1-4H3. The number of benzene rings is 2. The van der Waals surface area contributed by atoms with E-state index in [1.54, 1.807) is 0 Å². The molecule has 37 heavy (non-hydrogen) atoms. The lowest BCUT2D eigenvalue weighted by molar-refractivity contribution is -0.144. The maximum absolute atomic E-state index is 13.1. The van der Waals surface area contributed by atoms with E-state index in [2.05, 4.69) is 9.96 Å². The molecule has 17 heteroatoms. The van der Waals surface area contributed by atoms with Gasteiger partial charge in [0.1, 0.15) is 0 Å². The summed E-state index contributed by atoms with van der Waals surface area (Å²) in [5.41, 5.74) is -7.44. The molecule has 0 fully saturated rings. The van der Waals surface area contributed by atoms with Gasteiger partial charge in [0.25, 0.3) is 17.0 Å². The molecular weight excluding hydrogens is 568 g/mol. The molecule has 0 bridgehead atoms. The first-order chi connectivity index (χ1) is 16.3. The van der Waals surface area contributed by atoms with Crippen molar-refractivity contribution < 1.29 is 56.8 Å². The molecule has 2 aromatic rings. The molecule has 0 saturated carbocycles. The first kappa shape index (κ1) is 30.8. The van der Waals surface area contributed by atoms with Crippen LogP contribution in [0.1, 0.15) is 22.3 Å². The molecule has 0 spiro atoms. The van der Waals surface area contributed by atoms with Gasteiger partial charge in [-0.15, -0.1) is 0 Å². The molecule has 208 valence electrons. The fourth-order valence-corrected chi connectivity index (χ4v) is 10.6. The number of hydrogen-bond acceptors (Lipinski definition) is 3. The monoisotopic (exact) mass is 588 g/mol. The van der Waals surface area contributed by atoms with Crippen molar-refractivity contribution in [3.8, 4) is 0 Å². The van der Waals surface area contributed by atoms with Crippen molar-refractivity contribution in [2.45, 2.75) is 50.9 Å². The topological polar surface area (TPSA) is 33.3 Å². The lowest BCUT2D eigenvalue weighted by Crippen LogP contribution is -2.54. The van der Waals surface area contributed by atoms with Crippen molar-refractivity contribution in [3.05, 3.63) is 58.7 Å². The minimum absolute atomic E-state index is 0.0628. The van der Waals surface area contributed by atoms with Gasteiger partial charge >= 0.3 is 24.7 Å². The summed E-state index contributed by atoms with van der Waals surface area (Å²) in [5.74, 6) is 0. The molecule has 0 unspecified atom stereocenters. The SMILES string of the molecule is C[Si](C)(Nc1cc(C(F)(F)F)cc(C(F)(F)F)c1)O[Si](C)(C)Nc1cc(C(F)(F)F)cc(C(F)(F)F)c1. The zero-order chi connectivity index (χ0) is 28.8. The van der Waals surface area contributed by atoms with Crippen LogP contribution in [-0.2, 0) is 28.8 Å². The predicted octanol–water partition coefficient (Wildman–Crippen LogP) is 8.71. The van der Waals surface area contributed by atoms with Gasteiger partial charge in [-0.2, -0.15) is 52.7 Å². The Balaban J connectivity index is 2.37. The van der Waals surface area contributed by atoms with Gasteiger partial charge in [-0.1, -0.05) is 0 Å². The van der Waals surface area contributed by atoms with E-state index in [9.17, 15) is 52.7 Å². The number of halogens is 12. The minimum Gasteiger partial charge on any atom is -0.424 e. The summed E-state index contributed by atoms with van der Waals surface area (Å²) in [4.78, 5) is 5.02. The molecule has 2 rings (SSSR count). The van der Waals surface area contributed by atoms with Gasteiger partial charge in [0, 0.05) is 11.4 Å². The summed E-state index contributed by atoms with van der Waals surface area (Å²) in [6.07, 6.45) is -20.4. The van der Waals surface area contributed by atoms with Crippen LogP contribution in [-0.4, -0.2) is 17.0 Å². The molecule has 0 saturated heterocycles. The third-order valence-corrected chi connectivity index (χ3v) is 10.4. The molecular formula is C20H20F12N2OSi2. The van der Waals surface area contributed by atoms with E-state index < -0.39 is 75.3 Å². The van der Waals surface area contributed by atoms with E-state index in [1.165, 1.54) is 26.2 Å². The van der Waals surface area contributed by atoms with E-state index in [4.69, 9.17) is 4.12 Å². The number of hydrogen-bond donors (Lipinski definition) is 2. The van der Waals surface area contributed by atoms with Crippen LogP contribution < -0.4 is 9.96 Å². The zero-order valence-electron chi connectivity index (χ0n) is 19.4. The maximum Gasteiger partial charge on any atom is 0.416 e. The second-order valence-corrected chi connectivity index (χ2v) is 16.3. The normalized spacial score (nSPS) is 14.1. The van der Waals surface area contributed by atoms with Crippen LogP contribution in [0.25, 0.3) is 0 Å². The van der Waals surface area contributed by atoms with Gasteiger partial charge < -0.3 is 14.1 Å². The molecule has 2 N–H and O–H groups in total. The first-order valence-electron chi connectivity index (χ1n) is 10.1. The average Bonchev–Trinajstić information content (AvgIpc) is 2.62. The molecule has 0 aliphatic carbocycles. The summed E-state index contributed by atoms with van der Waals surface area (Å²) in [7, 11) is -6.86. The van der Waals surface area contributed by atoms with Gasteiger partial charge in [-0.25, -0.2) is 0 Å². The van der Waals surface area contributed by atoms with Crippen LogP contribution in [0.15, 0.2) is 36.4 Å². The Labute approximate surface area is 205 Å². The van der Waals surface area contributed by atoms with Crippen molar-refractivity contribution in [1.82, 2.24) is 0 Å². The van der Waals surface area contributed by atoms with Gasteiger partial charge in [0.15, 0.2) is 0 Å². The van der Waals surface area contributed by atoms with Gasteiger partial charge in [0.05, 0.1) is 22.3 Å². The van der Waals surface area contributed by atoms with E-state index >= 15 is 0 Å². The highest BCUT2D eigenvalue weighted by Gasteiger charge is 2.41. The third-order valence-electron chi connectivity index (χ3n) is 4.58. The molecule has 0 aromatic heterocycles. The Bertz CT molecular complexity index is 970. The average molecular weight is 589 g/mol. The smallest absolute Gasteiger partial charge is 0.416 e. The Morgan fingerprint density at radius 2 is 0.676 bits per heavy atom. The summed E-state index contributed by atoms with van der Waals surface area (Å²) < 4.78 is 164. The van der Waals surface area contributed by atoms with E-state index in [0.29, 0.717) is 24.3 Å². The summed E-state index contributed by atoms with van der Waals surface area (Å²) in [6, 6.07) is 1.64. The number of rotatable bonds is 6. The summed E-state index contributed by atoms with van der Waals surface area (Å²) in [5, 5.41) is 0. The number of anilines is 2. The third kappa shape index (κ3) is 8.84. The van der Waals surface area contributed by atoms with E-state index in [0.717, 1.165) is 0 Å². The lowest BCUT2D eigenvalue weighted by Gasteiger charge is -2.35. The lowest BCUT2D eigenvalue weighted by atomic mass is 10.1. The van der Waals surface area contributed by atoms with Crippen molar-refractivity contribution in [3.63, 3.8) is 0 Å². The van der Waals surface area contributed by atoms with E-state index in [-0.39, 0.29) is 12.1 Å². The van der Waals surface area contributed by atoms with Gasteiger partial charge in [-0.3, -0.25) is 0 Å². The van der Waals surface area contributed by atoms with Gasteiger partial charge in [-0.05, 0) is 62.6 Å². The fourth-order valence-electron chi connectivity index (χ4n) is 3.44. The van der Waals surface area contributed by atoms with Crippen molar-refractivity contribution in [2.75, 3.05) is 9.96 Å². The summed E-state index contributed by atoms with van der Waals surface area (Å²) in [6.45, 7) is 5.41. The predicted molar refractivity (Wildman–Crippen MR) is 116 cm³/mol. The van der Waals surface area contributed by atoms with Crippen molar-refractivity contribution in [1.29, 1.82) is 0 Å². The molecule has 2 aromatic carbocycles. The van der Waals surface area contributed by atoms with Gasteiger partial charge in [0.2, 0.25) is 0 Å². The number of alkyl halides is 12. The zero-order valence-corrected chi connectivity index (χ0v) is 21.4. The molecule has 0 aliphatic rings. The van der Waals surface area contributed by atoms with Crippen LogP contribution in [0.5, 0.6) is 0 Å². The van der Waals surface area contributed by atoms with Crippen LogP contribution in [0, 0.1) is 0 Å². The van der Waals surface area contributed by atoms with Crippen LogP contribution in [0.3, 0.4) is 0 Å². The molecule has 0 aliphatic heterocycles. The highest BCUT2D eigenvalue weighted by Crippen LogP contribution is 2.39. The molecule has 0 heterocycles. The Kier molecular flexibility index (Phi) is 8.10. The second-order valence-electron chi connectivity index (χ2n) is 8.96. The highest BCUT2D eigenvalue weighted by atomic mass is 28.4. The second kappa shape index (κ2) is 9.72. The van der Waals surface area contributed by atoms with Crippen molar-refractivity contribution in [2.24, 2.45) is 0 Å². The Morgan fingerprint density at radius 3 is 0.865 bits per heavy atom. The molecule has 0 amide bonds. The maximum atomic E-state index is 13.1. The van der Waals surface area contributed by atoms with E-state index in [1.807, 2.05) is 0 Å². The minimum atomic E-state index is -5.10. The Morgan fingerprint density at radius 1 is 0.459 bits per heavy atom. The molecule has 3 nitrogen and oxygen atoms in total. The van der Waals surface area contributed by atoms with Crippen LogP contribution in [0.4, 0.5) is 64.1 Å². The Hall–Kier alpha value is -2.41. The number of nitrogens with one attached hydrogen (secondary N) is 2. The summed E-state index contributed by atoms with van der Waals surface area (Å²) >= 11 is 0. The highest BCUT2D eigenvalue weighted by molar-refractivity contribution is 6.87. The molecule has 0 radical (unpaired) electrons. The quantitative estimate of drug-likeness (QED) is 0.262. The fraction of sp³-hybridized carbons (Fsp3) is 0.400. The molecule has 0 atom stereocenters. The van der Waals surface area contributed by atoms with Crippen LogP contribution >= 0.6 is 0 Å². The van der Waals surface area contributed by atoms with Crippen molar-refractivity contribution >= 4 is 28.3 Å². The largest absolute Gasteiger partial charge is 0.424 e. The first-order valence-corrected chi connectivity index (χ1v) is 16.0. The van der Waals surface area contributed by atoms with Crippen LogP contribution in [0.2, 0.25) is 26.2 Å².